The van der Waals surface area contributed by atoms with Crippen LogP contribution in [0.2, 0.25) is 0 Å². The van der Waals surface area contributed by atoms with E-state index in [2.05, 4.69) is 15.5 Å². The first-order valence-electron chi connectivity index (χ1n) is 4.46. The highest BCUT2D eigenvalue weighted by Crippen LogP contribution is 2.10. The van der Waals surface area contributed by atoms with E-state index in [0.29, 0.717) is 11.5 Å². The second kappa shape index (κ2) is 5.21. The van der Waals surface area contributed by atoms with Gasteiger partial charge in [0.15, 0.2) is 0 Å². The summed E-state index contributed by atoms with van der Waals surface area (Å²) >= 11 is 0. The Labute approximate surface area is 96.4 Å². The van der Waals surface area contributed by atoms with Crippen LogP contribution in [-0.4, -0.2) is 43.7 Å². The summed E-state index contributed by atoms with van der Waals surface area (Å²) in [6.07, 6.45) is 0.492. The van der Waals surface area contributed by atoms with Crippen LogP contribution >= 0.6 is 0 Å². The number of amidine groups is 1. The minimum absolute atomic E-state index is 0.157. The lowest BCUT2D eigenvalue weighted by Gasteiger charge is -2.15. The average molecular weight is 264 g/mol. The number of hydrogen-bond acceptors (Lipinski definition) is 5. The second-order valence-electron chi connectivity index (χ2n) is 2.82. The van der Waals surface area contributed by atoms with Crippen molar-refractivity contribution >= 4 is 35.0 Å². The number of carbonyl (C=O) groups excluding carboxylic acids is 1. The maximum Gasteiger partial charge on any atom is 0.323 e. The molecule has 90 valence electrons. The molecule has 1 atom stereocenters. The zero-order valence-corrected chi connectivity index (χ0v) is 10.7. The first-order chi connectivity index (χ1) is 7.52. The van der Waals surface area contributed by atoms with Gasteiger partial charge in [-0.2, -0.15) is 8.42 Å². The molecule has 1 unspecified atom stereocenters. The van der Waals surface area contributed by atoms with Crippen LogP contribution in [0.4, 0.5) is 4.79 Å². The van der Waals surface area contributed by atoms with E-state index in [1.807, 2.05) is 0 Å². The molecule has 9 heteroatoms. The van der Waals surface area contributed by atoms with Crippen molar-refractivity contribution in [2.75, 3.05) is 14.1 Å². The van der Waals surface area contributed by atoms with E-state index in [-0.39, 0.29) is 5.17 Å². The highest BCUT2D eigenvalue weighted by atomic mass is 32.9. The fourth-order valence-electron chi connectivity index (χ4n) is 1.07. The molecular weight excluding hydrogens is 252 g/mol. The highest BCUT2D eigenvalue weighted by Gasteiger charge is 2.26. The molecule has 0 saturated heterocycles. The minimum atomic E-state index is -2.35. The summed E-state index contributed by atoms with van der Waals surface area (Å²) in [4.78, 5) is 12.5. The van der Waals surface area contributed by atoms with Gasteiger partial charge in [-0.3, -0.25) is 4.90 Å². The molecule has 2 amide bonds. The highest BCUT2D eigenvalue weighted by molar-refractivity contribution is 8.49. The van der Waals surface area contributed by atoms with Crippen molar-refractivity contribution in [2.45, 2.75) is 13.3 Å². The molecular formula is C7H12N4O3S2. The van der Waals surface area contributed by atoms with Crippen LogP contribution in [0.25, 0.3) is 0 Å². The molecule has 1 aliphatic heterocycles. The molecule has 0 aromatic heterocycles. The molecule has 0 aromatic rings. The van der Waals surface area contributed by atoms with E-state index in [1.165, 1.54) is 14.1 Å². The number of hydrogen-bond donors (Lipinski definition) is 1. The third-order valence-electron chi connectivity index (χ3n) is 1.87. The van der Waals surface area contributed by atoms with E-state index >= 15 is 0 Å². The molecule has 7 nitrogen and oxygen atoms in total. The molecule has 0 bridgehead atoms. The van der Waals surface area contributed by atoms with Crippen molar-refractivity contribution in [3.05, 3.63) is 0 Å². The lowest BCUT2D eigenvalue weighted by molar-refractivity contribution is 0.229. The van der Waals surface area contributed by atoms with Gasteiger partial charge in [0.25, 0.3) is 9.26 Å². The summed E-state index contributed by atoms with van der Waals surface area (Å²) in [6.45, 7) is 1.80. The van der Waals surface area contributed by atoms with E-state index < -0.39 is 24.7 Å². The molecule has 0 saturated carbocycles. The number of amides is 2. The number of carbonyl (C=O) groups is 1. The Hall–Kier alpha value is -1.22. The first-order valence-corrected chi connectivity index (χ1v) is 7.28. The zero-order chi connectivity index (χ0) is 12.3. The van der Waals surface area contributed by atoms with E-state index in [9.17, 15) is 13.2 Å². The topological polar surface area (TPSA) is 91.2 Å². The number of nitrogens with one attached hydrogen (secondary N) is 1. The van der Waals surface area contributed by atoms with Crippen LogP contribution in [0, 0.1) is 0 Å². The lowest BCUT2D eigenvalue weighted by Crippen LogP contribution is -2.41. The fourth-order valence-corrected chi connectivity index (χ4v) is 4.10. The molecule has 0 radical (unpaired) electrons. The summed E-state index contributed by atoms with van der Waals surface area (Å²) in [5.74, 6) is 0. The Balaban J connectivity index is 3.13. The van der Waals surface area contributed by atoms with Crippen LogP contribution in [0.5, 0.6) is 0 Å². The van der Waals surface area contributed by atoms with E-state index in [1.54, 1.807) is 6.92 Å². The van der Waals surface area contributed by atoms with Crippen molar-refractivity contribution in [3.8, 4) is 0 Å². The van der Waals surface area contributed by atoms with Crippen LogP contribution in [-0.2, 0) is 18.7 Å². The van der Waals surface area contributed by atoms with Crippen LogP contribution < -0.4 is 5.32 Å². The molecule has 16 heavy (non-hydrogen) atoms. The molecule has 1 aliphatic rings. The average Bonchev–Trinajstić information content (AvgIpc) is 2.70. The number of rotatable bonds is 1. The third-order valence-corrected chi connectivity index (χ3v) is 5.47. The monoisotopic (exact) mass is 264 g/mol. The third kappa shape index (κ3) is 2.30. The van der Waals surface area contributed by atoms with Crippen molar-refractivity contribution in [3.63, 3.8) is 0 Å². The second-order valence-corrected chi connectivity index (χ2v) is 6.42. The summed E-state index contributed by atoms with van der Waals surface area (Å²) < 4.78 is 22.2. The van der Waals surface area contributed by atoms with Crippen LogP contribution in [0.3, 0.4) is 0 Å². The summed E-state index contributed by atoms with van der Waals surface area (Å²) in [5.41, 5.74) is 0. The van der Waals surface area contributed by atoms with Crippen molar-refractivity contribution in [2.24, 2.45) is 10.2 Å². The predicted octanol–water partition coefficient (Wildman–Crippen LogP) is -0.237. The summed E-state index contributed by atoms with van der Waals surface area (Å²) in [5, 5.41) is 10.5. The van der Waals surface area contributed by atoms with Gasteiger partial charge in [-0.25, -0.2) is 4.79 Å². The van der Waals surface area contributed by atoms with Crippen LogP contribution in [0.1, 0.15) is 13.3 Å². The van der Waals surface area contributed by atoms with Crippen LogP contribution in [0.15, 0.2) is 10.2 Å². The Bertz CT molecular complexity index is 498. The Kier molecular flexibility index (Phi) is 4.19. The van der Waals surface area contributed by atoms with Gasteiger partial charge in [0.05, 0.1) is 9.45 Å². The largest absolute Gasteiger partial charge is 0.341 e. The zero-order valence-electron chi connectivity index (χ0n) is 9.09. The van der Waals surface area contributed by atoms with Gasteiger partial charge < -0.3 is 5.32 Å². The van der Waals surface area contributed by atoms with Gasteiger partial charge in [-0.05, 0) is 6.42 Å². The van der Waals surface area contributed by atoms with Gasteiger partial charge in [0, 0.05) is 14.1 Å². The lowest BCUT2D eigenvalue weighted by atomic mass is 10.5. The maximum absolute atomic E-state index is 11.3. The minimum Gasteiger partial charge on any atom is -0.341 e. The fraction of sp³-hybridized carbons (Fsp3) is 0.571. The van der Waals surface area contributed by atoms with Gasteiger partial charge in [-0.15, -0.1) is 10.2 Å². The van der Waals surface area contributed by atoms with Crippen molar-refractivity contribution in [1.82, 2.24) is 10.2 Å². The number of urea groups is 1. The summed E-state index contributed by atoms with van der Waals surface area (Å²) in [6, 6.07) is -0.422. The smallest absolute Gasteiger partial charge is 0.323 e. The number of nitrogens with zero attached hydrogens (tertiary/aromatic N) is 3. The van der Waals surface area contributed by atoms with Gasteiger partial charge in [-0.1, -0.05) is 6.92 Å². The van der Waals surface area contributed by atoms with Crippen molar-refractivity contribution in [1.29, 1.82) is 0 Å². The molecule has 0 aromatic carbocycles. The van der Waals surface area contributed by atoms with Gasteiger partial charge >= 0.3 is 6.03 Å². The Morgan fingerprint density at radius 1 is 1.50 bits per heavy atom. The molecule has 1 rings (SSSR count). The molecule has 0 fully saturated rings. The van der Waals surface area contributed by atoms with E-state index in [0.717, 1.165) is 4.90 Å². The SMILES string of the molecule is CCC1=NN=C(N(C)C(=O)NC)S1=S(=O)=O. The maximum atomic E-state index is 11.3. The quantitative estimate of drug-likeness (QED) is 0.708. The van der Waals surface area contributed by atoms with Crippen molar-refractivity contribution < 1.29 is 13.2 Å². The Morgan fingerprint density at radius 2 is 2.12 bits per heavy atom. The molecule has 1 N–H and O–H groups in total. The van der Waals surface area contributed by atoms with Gasteiger partial charge in [0.2, 0.25) is 5.17 Å². The Morgan fingerprint density at radius 3 is 2.56 bits per heavy atom. The molecule has 0 spiro atoms. The standard InChI is InChI=1S/C7H12N4O3S2/c1-4-5-9-10-7(15(5)16(13)14)11(3)6(12)8-2/h4H2,1-3H3,(H,8,12). The molecule has 0 aliphatic carbocycles. The normalized spacial score (nSPS) is 18.8. The van der Waals surface area contributed by atoms with E-state index in [4.69, 9.17) is 0 Å². The summed E-state index contributed by atoms with van der Waals surface area (Å²) in [7, 11) is -0.653. The van der Waals surface area contributed by atoms with Gasteiger partial charge in [0.1, 0.15) is 5.04 Å². The first kappa shape index (κ1) is 12.8. The predicted molar refractivity (Wildman–Crippen MR) is 63.7 cm³/mol. The molecule has 1 heterocycles.